The molecule has 0 atom stereocenters. The molecule has 0 aliphatic rings. The van der Waals surface area contributed by atoms with Crippen molar-refractivity contribution < 1.29 is 60.8 Å². The Labute approximate surface area is 271 Å². The molecule has 0 aliphatic carbocycles. The molecular formula is C28H28N5NaO7S2. The Morgan fingerprint density at radius 3 is 2.30 bits per heavy atom. The number of fused-ring (bicyclic) bond motifs is 1. The second-order valence-electron chi connectivity index (χ2n) is 9.23. The molecule has 12 nitrogen and oxygen atoms in total. The molecule has 4 aromatic carbocycles. The van der Waals surface area contributed by atoms with Gasteiger partial charge in [-0.05, 0) is 66.8 Å². The van der Waals surface area contributed by atoms with E-state index in [2.05, 4.69) is 15.5 Å². The minimum Gasteiger partial charge on any atom is -0.744 e. The zero-order chi connectivity index (χ0) is 30.7. The third-order valence-electron chi connectivity index (χ3n) is 6.35. The van der Waals surface area contributed by atoms with Gasteiger partial charge in [-0.25, -0.2) is 16.8 Å². The summed E-state index contributed by atoms with van der Waals surface area (Å²) in [6.07, 6.45) is 0.586. The van der Waals surface area contributed by atoms with Crippen LogP contribution in [0, 0.1) is 0 Å². The number of hydrogen-bond donors (Lipinski definition) is 3. The normalized spacial score (nSPS) is 11.8. The van der Waals surface area contributed by atoms with Crippen LogP contribution in [0.15, 0.2) is 92.8 Å². The Morgan fingerprint density at radius 1 is 1.00 bits per heavy atom. The van der Waals surface area contributed by atoms with Crippen LogP contribution < -0.4 is 44.9 Å². The molecule has 0 heterocycles. The van der Waals surface area contributed by atoms with Gasteiger partial charge in [-0.15, -0.1) is 10.2 Å². The van der Waals surface area contributed by atoms with Gasteiger partial charge in [-0.1, -0.05) is 30.3 Å². The summed E-state index contributed by atoms with van der Waals surface area (Å²) in [7, 11) is -8.96. The number of nitrogens with zero attached hydrogens (tertiary/aromatic N) is 3. The number of nitrogen functional groups attached to an aromatic ring is 1. The first-order chi connectivity index (χ1) is 19.8. The van der Waals surface area contributed by atoms with Gasteiger partial charge >= 0.3 is 29.6 Å². The zero-order valence-corrected chi connectivity index (χ0v) is 27.3. The Kier molecular flexibility index (Phi) is 10.9. The summed E-state index contributed by atoms with van der Waals surface area (Å²) in [4.78, 5) is 10.3. The van der Waals surface area contributed by atoms with Gasteiger partial charge in [0.25, 0.3) is 10.0 Å². The molecular weight excluding hydrogens is 605 g/mol. The molecule has 0 spiro atoms. The van der Waals surface area contributed by atoms with E-state index in [4.69, 9.17) is 5.73 Å². The van der Waals surface area contributed by atoms with E-state index in [0.717, 1.165) is 17.7 Å². The average Bonchev–Trinajstić information content (AvgIpc) is 2.93. The van der Waals surface area contributed by atoms with Gasteiger partial charge in [0.2, 0.25) is 5.91 Å². The first-order valence-corrected chi connectivity index (χ1v) is 15.6. The Hall–Kier alpha value is -3.53. The predicted octanol–water partition coefficient (Wildman–Crippen LogP) is 1.34. The van der Waals surface area contributed by atoms with E-state index >= 15 is 0 Å². The molecule has 0 saturated heterocycles. The van der Waals surface area contributed by atoms with Gasteiger partial charge in [0.1, 0.15) is 32.1 Å². The van der Waals surface area contributed by atoms with Gasteiger partial charge in [-0.3, -0.25) is 9.10 Å². The SMILES string of the molecule is CCN(c1ccc(CCNC(C)=O)cc1)S(=O)(=O)c1ccccc1N=Nc1c(N)ccc2cc(S(=O)(=O)[O-])cc(O)c12.[Na+]. The predicted molar refractivity (Wildman–Crippen MR) is 158 cm³/mol. The zero-order valence-electron chi connectivity index (χ0n) is 23.7. The minimum atomic E-state index is -4.84. The van der Waals surface area contributed by atoms with Gasteiger partial charge in [-0.2, -0.15) is 0 Å². The summed E-state index contributed by atoms with van der Waals surface area (Å²) >= 11 is 0. The number of azo groups is 1. The van der Waals surface area contributed by atoms with Crippen molar-refractivity contribution in [1.82, 2.24) is 5.32 Å². The number of carbonyl (C=O) groups excluding carboxylic acids is 1. The summed E-state index contributed by atoms with van der Waals surface area (Å²) in [5, 5.41) is 21.8. The molecule has 0 aliphatic heterocycles. The van der Waals surface area contributed by atoms with Gasteiger partial charge in [0.15, 0.2) is 0 Å². The molecule has 0 saturated carbocycles. The van der Waals surface area contributed by atoms with Crippen LogP contribution in [0.25, 0.3) is 10.8 Å². The van der Waals surface area contributed by atoms with Gasteiger partial charge in [0, 0.05) is 20.0 Å². The fourth-order valence-electron chi connectivity index (χ4n) is 4.35. The molecule has 0 fully saturated rings. The first kappa shape index (κ1) is 34.0. The second kappa shape index (κ2) is 13.8. The van der Waals surface area contributed by atoms with Crippen LogP contribution in [0.3, 0.4) is 0 Å². The standard InChI is InChI=1S/C28H29N5O7S2.Na/c1-3-33(21-11-8-19(9-12-21)14-15-30-18(2)34)41(36,37)26-7-5-4-6-24(26)31-32-28-23(29)13-10-20-16-22(42(38,39)40)17-25(35)27(20)28;/h4-13,16-17,35H,3,14-15,29H2,1-2H3,(H,30,34)(H,38,39,40);/q;+1/p-1. The van der Waals surface area contributed by atoms with E-state index in [-0.39, 0.29) is 74.7 Å². The molecule has 220 valence electrons. The van der Waals surface area contributed by atoms with Crippen molar-refractivity contribution in [3.8, 4) is 5.75 Å². The molecule has 0 radical (unpaired) electrons. The van der Waals surface area contributed by atoms with Crippen molar-refractivity contribution >= 4 is 59.6 Å². The van der Waals surface area contributed by atoms with Gasteiger partial charge in [0.05, 0.1) is 21.7 Å². The number of anilines is 2. The number of benzene rings is 4. The van der Waals surface area contributed by atoms with Crippen molar-refractivity contribution in [2.75, 3.05) is 23.1 Å². The monoisotopic (exact) mass is 633 g/mol. The molecule has 4 N–H and O–H groups in total. The van der Waals surface area contributed by atoms with Gasteiger partial charge < -0.3 is 20.7 Å². The Morgan fingerprint density at radius 2 is 1.67 bits per heavy atom. The summed E-state index contributed by atoms with van der Waals surface area (Å²) in [5.41, 5.74) is 7.47. The number of sulfonamides is 1. The third-order valence-corrected chi connectivity index (χ3v) is 9.12. The molecule has 1 amide bonds. The molecule has 0 unspecified atom stereocenters. The number of hydrogen-bond acceptors (Lipinski definition) is 10. The van der Waals surface area contributed by atoms with Crippen molar-refractivity contribution in [3.63, 3.8) is 0 Å². The molecule has 0 bridgehead atoms. The summed E-state index contributed by atoms with van der Waals surface area (Å²) < 4.78 is 63.3. The number of phenolic OH excluding ortho intramolecular Hbond substituents is 1. The topological polar surface area (TPSA) is 195 Å². The largest absolute Gasteiger partial charge is 1.00 e. The second-order valence-corrected chi connectivity index (χ2v) is 12.4. The fourth-order valence-corrected chi connectivity index (χ4v) is 6.48. The number of phenols is 1. The number of nitrogens with one attached hydrogen (secondary N) is 1. The molecule has 15 heteroatoms. The minimum absolute atomic E-state index is 0. The molecule has 43 heavy (non-hydrogen) atoms. The summed E-state index contributed by atoms with van der Waals surface area (Å²) in [5.74, 6) is -0.684. The van der Waals surface area contributed by atoms with Crippen molar-refractivity contribution in [2.45, 2.75) is 30.1 Å². The number of amides is 1. The maximum Gasteiger partial charge on any atom is 1.00 e. The fraction of sp³-hybridized carbons (Fsp3) is 0.179. The van der Waals surface area contributed by atoms with E-state index < -0.39 is 30.8 Å². The first-order valence-electron chi connectivity index (χ1n) is 12.7. The van der Waals surface area contributed by atoms with Crippen molar-refractivity contribution in [2.24, 2.45) is 10.2 Å². The van der Waals surface area contributed by atoms with E-state index in [1.54, 1.807) is 43.3 Å². The van der Waals surface area contributed by atoms with Crippen LogP contribution in [-0.4, -0.2) is 45.5 Å². The van der Waals surface area contributed by atoms with E-state index in [1.165, 1.54) is 35.5 Å². The Balaban J connectivity index is 0.00000506. The van der Waals surface area contributed by atoms with Crippen LogP contribution in [0.2, 0.25) is 0 Å². The molecule has 4 rings (SSSR count). The van der Waals surface area contributed by atoms with Crippen molar-refractivity contribution in [3.05, 3.63) is 78.4 Å². The molecule has 4 aromatic rings. The average molecular weight is 634 g/mol. The summed E-state index contributed by atoms with van der Waals surface area (Å²) in [6, 6.07) is 17.6. The van der Waals surface area contributed by atoms with E-state index in [0.29, 0.717) is 18.7 Å². The molecule has 0 aromatic heterocycles. The number of carbonyl (C=O) groups is 1. The van der Waals surface area contributed by atoms with Crippen LogP contribution in [0.4, 0.5) is 22.7 Å². The third kappa shape index (κ3) is 7.71. The van der Waals surface area contributed by atoms with E-state index in [9.17, 15) is 31.3 Å². The van der Waals surface area contributed by atoms with Crippen LogP contribution >= 0.6 is 0 Å². The number of aromatic hydroxyl groups is 1. The smallest absolute Gasteiger partial charge is 0.744 e. The van der Waals surface area contributed by atoms with E-state index in [1.807, 2.05) is 0 Å². The summed E-state index contributed by atoms with van der Waals surface area (Å²) in [6.45, 7) is 3.71. The van der Waals surface area contributed by atoms with Crippen LogP contribution in [0.1, 0.15) is 19.4 Å². The Bertz CT molecular complexity index is 1900. The quantitative estimate of drug-likeness (QED) is 0.101. The maximum atomic E-state index is 13.8. The number of nitrogens with two attached hydrogens (primary N) is 1. The maximum absolute atomic E-state index is 13.8. The van der Waals surface area contributed by atoms with Crippen LogP contribution in [-0.2, 0) is 31.4 Å². The van der Waals surface area contributed by atoms with Crippen LogP contribution in [0.5, 0.6) is 5.75 Å². The number of rotatable bonds is 10. The van der Waals surface area contributed by atoms with Crippen molar-refractivity contribution in [1.29, 1.82) is 0 Å².